The van der Waals surface area contributed by atoms with Gasteiger partial charge in [-0.3, -0.25) is 0 Å². The summed E-state index contributed by atoms with van der Waals surface area (Å²) in [6.45, 7) is 4.24. The maximum absolute atomic E-state index is 5.79. The van der Waals surface area contributed by atoms with Crippen LogP contribution in [0.5, 0.6) is 0 Å². The summed E-state index contributed by atoms with van der Waals surface area (Å²) in [5.41, 5.74) is 2.29. The van der Waals surface area contributed by atoms with Crippen molar-refractivity contribution in [3.63, 3.8) is 0 Å². The Labute approximate surface area is 160 Å². The van der Waals surface area contributed by atoms with Crippen molar-refractivity contribution < 1.29 is 26.6 Å². The minimum absolute atomic E-state index is 0.00465. The molecular weight excluding hydrogens is 368 g/mol. The van der Waals surface area contributed by atoms with E-state index in [1.54, 1.807) is 42.7 Å². The summed E-state index contributed by atoms with van der Waals surface area (Å²) >= 11 is 0. The van der Waals surface area contributed by atoms with Gasteiger partial charge >= 0.3 is 17.6 Å². The molecule has 0 heterocycles. The normalized spacial score (nSPS) is 15.1. The van der Waals surface area contributed by atoms with Crippen molar-refractivity contribution in [1.29, 1.82) is 0 Å². The summed E-state index contributed by atoms with van der Waals surface area (Å²) in [6.07, 6.45) is 1.66. The Morgan fingerprint density at radius 3 is 1.08 bits per heavy atom. The Morgan fingerprint density at radius 2 is 0.885 bits per heavy atom. The first kappa shape index (κ1) is 23.5. The fourth-order valence-corrected chi connectivity index (χ4v) is 8.81. The van der Waals surface area contributed by atoms with Crippen LogP contribution in [0.3, 0.4) is 0 Å². The number of benzene rings is 1. The molecular formula is C18H34O6Si2. The third-order valence-electron chi connectivity index (χ3n) is 5.12. The highest BCUT2D eigenvalue weighted by Gasteiger charge is 2.52. The standard InChI is InChI=1S/C18H34O6Si2/c1-9-17(25(19-3,20-4)21-5)15-13-11-12-14-16(15)18(10-2)26(22-6,23-7)24-8/h11-14,17-18H,9-10H2,1-8H3. The quantitative estimate of drug-likeness (QED) is 0.499. The van der Waals surface area contributed by atoms with Crippen LogP contribution in [0.1, 0.15) is 48.9 Å². The molecule has 1 aromatic rings. The highest BCUT2D eigenvalue weighted by atomic mass is 28.4. The molecule has 2 atom stereocenters. The lowest BCUT2D eigenvalue weighted by atomic mass is 9.99. The number of hydrogen-bond donors (Lipinski definition) is 0. The van der Waals surface area contributed by atoms with Crippen molar-refractivity contribution in [1.82, 2.24) is 0 Å². The fraction of sp³-hybridized carbons (Fsp3) is 0.667. The van der Waals surface area contributed by atoms with Gasteiger partial charge in [-0.15, -0.1) is 0 Å². The zero-order chi connectivity index (χ0) is 19.8. The molecule has 0 aromatic heterocycles. The molecule has 0 aliphatic carbocycles. The molecule has 1 aromatic carbocycles. The number of rotatable bonds is 12. The summed E-state index contributed by atoms with van der Waals surface area (Å²) < 4.78 is 34.7. The van der Waals surface area contributed by atoms with Crippen molar-refractivity contribution in [2.75, 3.05) is 42.7 Å². The van der Waals surface area contributed by atoms with Crippen LogP contribution < -0.4 is 0 Å². The molecule has 0 N–H and O–H groups in total. The van der Waals surface area contributed by atoms with Gasteiger partial charge in [0, 0.05) is 42.7 Å². The summed E-state index contributed by atoms with van der Waals surface area (Å²) in [4.78, 5) is 0. The zero-order valence-electron chi connectivity index (χ0n) is 17.3. The van der Waals surface area contributed by atoms with E-state index in [-0.39, 0.29) is 11.1 Å². The van der Waals surface area contributed by atoms with E-state index < -0.39 is 17.6 Å². The van der Waals surface area contributed by atoms with Gasteiger partial charge in [-0.25, -0.2) is 0 Å². The summed E-state index contributed by atoms with van der Waals surface area (Å²) in [6, 6.07) is 8.30. The molecule has 150 valence electrons. The molecule has 0 radical (unpaired) electrons. The van der Waals surface area contributed by atoms with E-state index in [0.717, 1.165) is 24.0 Å². The van der Waals surface area contributed by atoms with Gasteiger partial charge in [-0.05, 0) is 24.0 Å². The van der Waals surface area contributed by atoms with Crippen LogP contribution in [0.2, 0.25) is 0 Å². The second kappa shape index (κ2) is 10.7. The third kappa shape index (κ3) is 4.28. The summed E-state index contributed by atoms with van der Waals surface area (Å²) in [5.74, 6) is 0. The smallest absolute Gasteiger partial charge is 0.376 e. The van der Waals surface area contributed by atoms with Gasteiger partial charge in [-0.1, -0.05) is 38.1 Å². The van der Waals surface area contributed by atoms with E-state index in [9.17, 15) is 0 Å². The lowest BCUT2D eigenvalue weighted by Crippen LogP contribution is -2.51. The Kier molecular flexibility index (Phi) is 9.63. The van der Waals surface area contributed by atoms with Crippen molar-refractivity contribution in [2.24, 2.45) is 0 Å². The van der Waals surface area contributed by atoms with E-state index >= 15 is 0 Å². The zero-order valence-corrected chi connectivity index (χ0v) is 19.3. The van der Waals surface area contributed by atoms with Gasteiger partial charge in [0.1, 0.15) is 0 Å². The summed E-state index contributed by atoms with van der Waals surface area (Å²) in [7, 11) is 4.17. The topological polar surface area (TPSA) is 55.4 Å². The van der Waals surface area contributed by atoms with Crippen LogP contribution in [0.4, 0.5) is 0 Å². The average molecular weight is 403 g/mol. The van der Waals surface area contributed by atoms with E-state index in [0.29, 0.717) is 0 Å². The predicted octanol–water partition coefficient (Wildman–Crippen LogP) is 3.51. The highest BCUT2D eigenvalue weighted by Crippen LogP contribution is 2.40. The molecule has 6 nitrogen and oxygen atoms in total. The molecule has 2 unspecified atom stereocenters. The Morgan fingerprint density at radius 1 is 0.615 bits per heavy atom. The van der Waals surface area contributed by atoms with Gasteiger partial charge in [0.25, 0.3) is 0 Å². The number of hydrogen-bond acceptors (Lipinski definition) is 6. The van der Waals surface area contributed by atoms with E-state index in [1.807, 2.05) is 12.1 Å². The lowest BCUT2D eigenvalue weighted by molar-refractivity contribution is 0.108. The molecule has 0 aliphatic heterocycles. The van der Waals surface area contributed by atoms with E-state index in [2.05, 4.69) is 26.0 Å². The highest BCUT2D eigenvalue weighted by molar-refractivity contribution is 6.63. The van der Waals surface area contributed by atoms with Crippen LogP contribution in [0.25, 0.3) is 0 Å². The molecule has 0 saturated carbocycles. The first-order chi connectivity index (χ1) is 12.5. The van der Waals surface area contributed by atoms with E-state index in [4.69, 9.17) is 26.6 Å². The van der Waals surface area contributed by atoms with Crippen molar-refractivity contribution in [3.05, 3.63) is 35.4 Å². The monoisotopic (exact) mass is 402 g/mol. The third-order valence-corrected chi connectivity index (χ3v) is 11.7. The van der Waals surface area contributed by atoms with Crippen molar-refractivity contribution in [2.45, 2.75) is 37.8 Å². The molecule has 26 heavy (non-hydrogen) atoms. The maximum atomic E-state index is 5.79. The Bertz CT molecular complexity index is 471. The molecule has 0 aliphatic rings. The largest absolute Gasteiger partial charge is 0.508 e. The van der Waals surface area contributed by atoms with Crippen LogP contribution >= 0.6 is 0 Å². The average Bonchev–Trinajstić information content (AvgIpc) is 2.71. The van der Waals surface area contributed by atoms with Crippen LogP contribution in [0.15, 0.2) is 24.3 Å². The van der Waals surface area contributed by atoms with Gasteiger partial charge in [-0.2, -0.15) is 0 Å². The molecule has 0 fully saturated rings. The predicted molar refractivity (Wildman–Crippen MR) is 106 cm³/mol. The first-order valence-corrected chi connectivity index (χ1v) is 12.5. The van der Waals surface area contributed by atoms with E-state index in [1.165, 1.54) is 0 Å². The maximum Gasteiger partial charge on any atom is 0.508 e. The molecule has 0 saturated heterocycles. The molecule has 0 bridgehead atoms. The second-order valence-electron chi connectivity index (χ2n) is 5.98. The van der Waals surface area contributed by atoms with Crippen LogP contribution in [-0.2, 0) is 26.6 Å². The van der Waals surface area contributed by atoms with Gasteiger partial charge in [0.15, 0.2) is 0 Å². The molecule has 0 spiro atoms. The SMILES string of the molecule is CCC(c1ccccc1C(CC)[Si](OC)(OC)OC)[Si](OC)(OC)OC. The van der Waals surface area contributed by atoms with Crippen molar-refractivity contribution in [3.8, 4) is 0 Å². The first-order valence-electron chi connectivity index (χ1n) is 8.89. The Hall–Kier alpha value is -0.586. The molecule has 1 rings (SSSR count). The van der Waals surface area contributed by atoms with Gasteiger partial charge in [0.2, 0.25) is 0 Å². The van der Waals surface area contributed by atoms with Gasteiger partial charge in [0.05, 0.1) is 11.1 Å². The Balaban J connectivity index is 3.57. The fourth-order valence-electron chi connectivity index (χ4n) is 3.82. The van der Waals surface area contributed by atoms with Crippen molar-refractivity contribution >= 4 is 17.6 Å². The van der Waals surface area contributed by atoms with Crippen LogP contribution in [-0.4, -0.2) is 60.3 Å². The molecule has 0 amide bonds. The molecule has 8 heteroatoms. The van der Waals surface area contributed by atoms with Crippen LogP contribution in [0, 0.1) is 0 Å². The minimum Gasteiger partial charge on any atom is -0.376 e. The summed E-state index contributed by atoms with van der Waals surface area (Å²) in [5, 5.41) is 0. The van der Waals surface area contributed by atoms with Gasteiger partial charge < -0.3 is 26.6 Å². The second-order valence-corrected chi connectivity index (χ2v) is 12.2. The lowest BCUT2D eigenvalue weighted by Gasteiger charge is -2.37. The minimum atomic E-state index is -2.87.